The van der Waals surface area contributed by atoms with Gasteiger partial charge in [-0.25, -0.2) is 0 Å². The van der Waals surface area contributed by atoms with Crippen LogP contribution in [0.25, 0.3) is 10.9 Å². The standard InChI is InChI=1S/C25H39NO/c1-2-3-4-5-6-7-8-9-10-11-12-13-14-15-19-23-21-22-18-16-17-20-24(22)26-25(23)27/h16-18,20-21H,2-15,19H2,1H3,(H,26,27). The summed E-state index contributed by atoms with van der Waals surface area (Å²) in [5.74, 6) is 0. The Balaban J connectivity index is 1.46. The maximum Gasteiger partial charge on any atom is 0.251 e. The minimum atomic E-state index is 0.0865. The SMILES string of the molecule is CCCCCCCCCCCCCCCCc1cc2ccccc2[nH]c1=O. The Labute approximate surface area is 165 Å². The third kappa shape index (κ3) is 8.77. The Hall–Kier alpha value is -1.57. The Kier molecular flexibility index (Phi) is 10.9. The molecule has 2 heteroatoms. The molecule has 1 aromatic heterocycles. The molecule has 0 bridgehead atoms. The number of H-pyrrole nitrogens is 1. The molecule has 0 aliphatic heterocycles. The Morgan fingerprint density at radius 2 is 1.22 bits per heavy atom. The van der Waals surface area contributed by atoms with E-state index >= 15 is 0 Å². The van der Waals surface area contributed by atoms with Gasteiger partial charge in [0.2, 0.25) is 0 Å². The van der Waals surface area contributed by atoms with Crippen molar-refractivity contribution in [1.82, 2.24) is 4.98 Å². The second-order valence-electron chi connectivity index (χ2n) is 8.06. The fraction of sp³-hybridized carbons (Fsp3) is 0.640. The van der Waals surface area contributed by atoms with E-state index in [0.29, 0.717) is 0 Å². The van der Waals surface area contributed by atoms with Gasteiger partial charge in [0, 0.05) is 11.1 Å². The molecule has 1 heterocycles. The van der Waals surface area contributed by atoms with Gasteiger partial charge in [-0.15, -0.1) is 0 Å². The van der Waals surface area contributed by atoms with Crippen LogP contribution in [0.1, 0.15) is 102 Å². The van der Waals surface area contributed by atoms with Crippen molar-refractivity contribution in [2.24, 2.45) is 0 Å². The number of nitrogens with one attached hydrogen (secondary N) is 1. The molecule has 0 fully saturated rings. The number of fused-ring (bicyclic) bond motifs is 1. The number of unbranched alkanes of at least 4 members (excludes halogenated alkanes) is 13. The van der Waals surface area contributed by atoms with E-state index in [-0.39, 0.29) is 5.56 Å². The van der Waals surface area contributed by atoms with Crippen LogP contribution < -0.4 is 5.56 Å². The summed E-state index contributed by atoms with van der Waals surface area (Å²) < 4.78 is 0. The molecule has 1 aromatic carbocycles. The molecule has 0 spiro atoms. The quantitative estimate of drug-likeness (QED) is 0.323. The first-order valence-electron chi connectivity index (χ1n) is 11.4. The molecule has 0 amide bonds. The highest BCUT2D eigenvalue weighted by atomic mass is 16.1. The molecule has 150 valence electrons. The Bertz CT molecular complexity index is 688. The zero-order valence-corrected chi connectivity index (χ0v) is 17.4. The highest BCUT2D eigenvalue weighted by Crippen LogP contribution is 2.15. The average Bonchev–Trinajstić information content (AvgIpc) is 2.68. The molecule has 0 atom stereocenters. The van der Waals surface area contributed by atoms with Crippen molar-refractivity contribution in [3.63, 3.8) is 0 Å². The van der Waals surface area contributed by atoms with E-state index in [1.54, 1.807) is 0 Å². The van der Waals surface area contributed by atoms with Crippen molar-refractivity contribution >= 4 is 10.9 Å². The van der Waals surface area contributed by atoms with Crippen molar-refractivity contribution < 1.29 is 0 Å². The van der Waals surface area contributed by atoms with Crippen molar-refractivity contribution in [2.45, 2.75) is 103 Å². The molecule has 2 aromatic rings. The first-order valence-corrected chi connectivity index (χ1v) is 11.4. The average molecular weight is 370 g/mol. The van der Waals surface area contributed by atoms with Crippen LogP contribution >= 0.6 is 0 Å². The summed E-state index contributed by atoms with van der Waals surface area (Å²) >= 11 is 0. The summed E-state index contributed by atoms with van der Waals surface area (Å²) in [6, 6.07) is 10.1. The van der Waals surface area contributed by atoms with Gasteiger partial charge in [0.1, 0.15) is 0 Å². The van der Waals surface area contributed by atoms with Crippen molar-refractivity contribution in [3.8, 4) is 0 Å². The third-order valence-corrected chi connectivity index (χ3v) is 5.63. The fourth-order valence-corrected chi connectivity index (χ4v) is 3.89. The van der Waals surface area contributed by atoms with Gasteiger partial charge in [0.15, 0.2) is 0 Å². The maximum atomic E-state index is 12.1. The minimum absolute atomic E-state index is 0.0865. The molecule has 0 aliphatic rings. The van der Waals surface area contributed by atoms with Gasteiger partial charge in [-0.1, -0.05) is 109 Å². The highest BCUT2D eigenvalue weighted by molar-refractivity contribution is 5.78. The lowest BCUT2D eigenvalue weighted by atomic mass is 10.0. The predicted octanol–water partition coefficient (Wildman–Crippen LogP) is 7.55. The second-order valence-corrected chi connectivity index (χ2v) is 8.06. The van der Waals surface area contributed by atoms with Gasteiger partial charge < -0.3 is 4.98 Å². The summed E-state index contributed by atoms with van der Waals surface area (Å²) in [7, 11) is 0. The molecule has 0 saturated heterocycles. The zero-order valence-electron chi connectivity index (χ0n) is 17.4. The number of benzene rings is 1. The molecule has 0 saturated carbocycles. The summed E-state index contributed by atoms with van der Waals surface area (Å²) in [6.45, 7) is 2.28. The monoisotopic (exact) mass is 369 g/mol. The number of aromatic nitrogens is 1. The minimum Gasteiger partial charge on any atom is -0.322 e. The number of hydrogen-bond donors (Lipinski definition) is 1. The van der Waals surface area contributed by atoms with Crippen LogP contribution in [0.3, 0.4) is 0 Å². The van der Waals surface area contributed by atoms with Crippen molar-refractivity contribution in [2.75, 3.05) is 0 Å². The molecule has 2 rings (SSSR count). The van der Waals surface area contributed by atoms with E-state index in [0.717, 1.165) is 29.3 Å². The Morgan fingerprint density at radius 1 is 0.704 bits per heavy atom. The van der Waals surface area contributed by atoms with Crippen LogP contribution in [0.5, 0.6) is 0 Å². The van der Waals surface area contributed by atoms with E-state index in [1.165, 1.54) is 83.5 Å². The summed E-state index contributed by atoms with van der Waals surface area (Å²) in [5, 5.41) is 1.14. The number of rotatable bonds is 15. The normalized spacial score (nSPS) is 11.3. The van der Waals surface area contributed by atoms with Crippen LogP contribution in [0.4, 0.5) is 0 Å². The number of aryl methyl sites for hydroxylation is 1. The van der Waals surface area contributed by atoms with Crippen LogP contribution in [0.15, 0.2) is 35.1 Å². The van der Waals surface area contributed by atoms with Gasteiger partial charge in [-0.05, 0) is 30.4 Å². The lowest BCUT2D eigenvalue weighted by Gasteiger charge is -2.04. The fourth-order valence-electron chi connectivity index (χ4n) is 3.89. The molecule has 0 unspecified atom stereocenters. The van der Waals surface area contributed by atoms with Crippen molar-refractivity contribution in [1.29, 1.82) is 0 Å². The van der Waals surface area contributed by atoms with Crippen molar-refractivity contribution in [3.05, 3.63) is 46.2 Å². The Morgan fingerprint density at radius 3 is 1.81 bits per heavy atom. The number of pyridine rings is 1. The second kappa shape index (κ2) is 13.6. The van der Waals surface area contributed by atoms with Gasteiger partial charge in [0.05, 0.1) is 0 Å². The van der Waals surface area contributed by atoms with Gasteiger partial charge >= 0.3 is 0 Å². The third-order valence-electron chi connectivity index (χ3n) is 5.63. The summed E-state index contributed by atoms with van der Waals surface area (Å²) in [4.78, 5) is 15.1. The lowest BCUT2D eigenvalue weighted by Crippen LogP contribution is -2.12. The van der Waals surface area contributed by atoms with Gasteiger partial charge in [-0.3, -0.25) is 4.79 Å². The highest BCUT2D eigenvalue weighted by Gasteiger charge is 2.02. The van der Waals surface area contributed by atoms with Crippen LogP contribution in [0.2, 0.25) is 0 Å². The maximum absolute atomic E-state index is 12.1. The zero-order chi connectivity index (χ0) is 19.2. The summed E-state index contributed by atoms with van der Waals surface area (Å²) in [6.07, 6.45) is 20.1. The predicted molar refractivity (Wildman–Crippen MR) is 119 cm³/mol. The van der Waals surface area contributed by atoms with Crippen LogP contribution in [-0.2, 0) is 6.42 Å². The molecule has 0 radical (unpaired) electrons. The van der Waals surface area contributed by atoms with Gasteiger partial charge in [0.25, 0.3) is 5.56 Å². The molecular weight excluding hydrogens is 330 g/mol. The van der Waals surface area contributed by atoms with Crippen LogP contribution in [0, 0.1) is 0 Å². The number of aromatic amines is 1. The van der Waals surface area contributed by atoms with E-state index in [1.807, 2.05) is 18.2 Å². The number of hydrogen-bond acceptors (Lipinski definition) is 1. The molecule has 2 nitrogen and oxygen atoms in total. The molecular formula is C25H39NO. The van der Waals surface area contributed by atoms with E-state index < -0.39 is 0 Å². The largest absolute Gasteiger partial charge is 0.322 e. The molecule has 1 N–H and O–H groups in total. The van der Waals surface area contributed by atoms with E-state index in [2.05, 4.69) is 24.0 Å². The lowest BCUT2D eigenvalue weighted by molar-refractivity contribution is 0.535. The summed E-state index contributed by atoms with van der Waals surface area (Å²) in [5.41, 5.74) is 1.96. The molecule has 27 heavy (non-hydrogen) atoms. The van der Waals surface area contributed by atoms with Gasteiger partial charge in [-0.2, -0.15) is 0 Å². The molecule has 0 aliphatic carbocycles. The first-order chi connectivity index (χ1) is 13.3. The first kappa shape index (κ1) is 21.7. The van der Waals surface area contributed by atoms with E-state index in [9.17, 15) is 4.79 Å². The number of para-hydroxylation sites is 1. The smallest absolute Gasteiger partial charge is 0.251 e. The van der Waals surface area contributed by atoms with E-state index in [4.69, 9.17) is 0 Å². The topological polar surface area (TPSA) is 32.9 Å². The van der Waals surface area contributed by atoms with Crippen LogP contribution in [-0.4, -0.2) is 4.98 Å².